The molecule has 1 aromatic rings. The highest BCUT2D eigenvalue weighted by atomic mass is 79.9. The number of benzene rings is 1. The van der Waals surface area contributed by atoms with E-state index in [4.69, 9.17) is 11.6 Å². The quantitative estimate of drug-likeness (QED) is 0.796. The zero-order chi connectivity index (χ0) is 12.5. The molecule has 0 radical (unpaired) electrons. The van der Waals surface area contributed by atoms with Gasteiger partial charge in [0.05, 0.1) is 10.7 Å². The van der Waals surface area contributed by atoms with Crippen molar-refractivity contribution in [3.05, 3.63) is 27.7 Å². The fourth-order valence-corrected chi connectivity index (χ4v) is 2.84. The Kier molecular flexibility index (Phi) is 4.06. The number of rotatable bonds is 4. The highest BCUT2D eigenvalue weighted by Crippen LogP contribution is 2.49. The Bertz CT molecular complexity index is 448. The van der Waals surface area contributed by atoms with Crippen molar-refractivity contribution in [2.45, 2.75) is 19.3 Å². The molecule has 1 aromatic carbocycles. The van der Waals surface area contributed by atoms with Crippen LogP contribution in [0.25, 0.3) is 0 Å². The molecule has 0 aliphatic heterocycles. The molecule has 2 nitrogen and oxygen atoms in total. The van der Waals surface area contributed by atoms with Gasteiger partial charge in [0, 0.05) is 10.9 Å². The van der Waals surface area contributed by atoms with Crippen LogP contribution in [-0.4, -0.2) is 11.7 Å². The Labute approximate surface area is 120 Å². The van der Waals surface area contributed by atoms with Crippen LogP contribution >= 0.6 is 40.2 Å². The first-order valence-electron chi connectivity index (χ1n) is 5.40. The summed E-state index contributed by atoms with van der Waals surface area (Å²) in [6.07, 6.45) is 2.72. The van der Waals surface area contributed by atoms with Crippen molar-refractivity contribution in [2.24, 2.45) is 5.41 Å². The number of hydrogen-bond donors (Lipinski definition) is 2. The summed E-state index contributed by atoms with van der Waals surface area (Å²) < 4.78 is 0.898. The van der Waals surface area contributed by atoms with E-state index in [1.54, 1.807) is 12.1 Å². The molecule has 0 bridgehead atoms. The molecule has 1 saturated carbocycles. The third-order valence-corrected chi connectivity index (χ3v) is 4.51. The van der Waals surface area contributed by atoms with E-state index >= 15 is 0 Å². The second-order valence-electron chi connectivity index (χ2n) is 4.51. The first kappa shape index (κ1) is 13.2. The molecule has 0 unspecified atom stereocenters. The highest BCUT2D eigenvalue weighted by molar-refractivity contribution is 9.10. The standard InChI is InChI=1S/C12H13BrClNOS/c13-8-1-2-10(9(14)5-8)15-11(16)6-12(7-17)3-4-12/h1-2,5,17H,3-4,6-7H2,(H,15,16). The summed E-state index contributed by atoms with van der Waals surface area (Å²) in [5, 5.41) is 3.39. The topological polar surface area (TPSA) is 29.1 Å². The number of anilines is 1. The van der Waals surface area contributed by atoms with Gasteiger partial charge in [0.1, 0.15) is 0 Å². The molecule has 1 fully saturated rings. The van der Waals surface area contributed by atoms with Gasteiger partial charge in [0.25, 0.3) is 0 Å². The summed E-state index contributed by atoms with van der Waals surface area (Å²) in [6.45, 7) is 0. The third-order valence-electron chi connectivity index (χ3n) is 3.03. The van der Waals surface area contributed by atoms with Crippen molar-refractivity contribution in [2.75, 3.05) is 11.1 Å². The molecule has 1 N–H and O–H groups in total. The first-order chi connectivity index (χ1) is 8.04. The molecular weight excluding hydrogens is 322 g/mol. The summed E-state index contributed by atoms with van der Waals surface area (Å²) in [5.41, 5.74) is 0.796. The molecule has 17 heavy (non-hydrogen) atoms. The van der Waals surface area contributed by atoms with Crippen molar-refractivity contribution >= 4 is 51.8 Å². The van der Waals surface area contributed by atoms with E-state index in [1.165, 1.54) is 0 Å². The van der Waals surface area contributed by atoms with Crippen LogP contribution in [-0.2, 0) is 4.79 Å². The van der Waals surface area contributed by atoms with Gasteiger partial charge in [-0.25, -0.2) is 0 Å². The number of thiol groups is 1. The monoisotopic (exact) mass is 333 g/mol. The molecule has 1 amide bonds. The van der Waals surface area contributed by atoms with Crippen molar-refractivity contribution in [1.29, 1.82) is 0 Å². The number of hydrogen-bond acceptors (Lipinski definition) is 2. The molecule has 2 rings (SSSR count). The van der Waals surface area contributed by atoms with Crippen molar-refractivity contribution in [1.82, 2.24) is 0 Å². The highest BCUT2D eigenvalue weighted by Gasteiger charge is 2.42. The van der Waals surface area contributed by atoms with Crippen LogP contribution in [0, 0.1) is 5.41 Å². The molecule has 0 heterocycles. The maximum absolute atomic E-state index is 11.8. The summed E-state index contributed by atoms with van der Waals surface area (Å²) >= 11 is 13.6. The summed E-state index contributed by atoms with van der Waals surface area (Å²) in [6, 6.07) is 5.42. The van der Waals surface area contributed by atoms with Gasteiger partial charge < -0.3 is 5.32 Å². The van der Waals surface area contributed by atoms with E-state index in [-0.39, 0.29) is 11.3 Å². The van der Waals surface area contributed by atoms with Crippen LogP contribution in [0.5, 0.6) is 0 Å². The summed E-state index contributed by atoms with van der Waals surface area (Å²) in [7, 11) is 0. The zero-order valence-corrected chi connectivity index (χ0v) is 12.4. The molecule has 1 aliphatic rings. The van der Waals surface area contributed by atoms with E-state index < -0.39 is 0 Å². The van der Waals surface area contributed by atoms with E-state index in [2.05, 4.69) is 33.9 Å². The lowest BCUT2D eigenvalue weighted by Gasteiger charge is -2.12. The minimum atomic E-state index is 0.0146. The lowest BCUT2D eigenvalue weighted by atomic mass is 10.1. The Morgan fingerprint density at radius 3 is 2.76 bits per heavy atom. The van der Waals surface area contributed by atoms with Gasteiger partial charge in [0.15, 0.2) is 0 Å². The zero-order valence-electron chi connectivity index (χ0n) is 9.17. The number of nitrogens with one attached hydrogen (secondary N) is 1. The summed E-state index contributed by atoms with van der Waals surface area (Å²) in [5.74, 6) is 0.787. The molecule has 1 aliphatic carbocycles. The van der Waals surface area contributed by atoms with Crippen LogP contribution < -0.4 is 5.32 Å². The van der Waals surface area contributed by atoms with Gasteiger partial charge in [-0.2, -0.15) is 12.6 Å². The average molecular weight is 335 g/mol. The second kappa shape index (κ2) is 5.21. The van der Waals surface area contributed by atoms with Gasteiger partial charge in [-0.1, -0.05) is 27.5 Å². The number of carbonyl (C=O) groups is 1. The molecule has 92 valence electrons. The third kappa shape index (κ3) is 3.39. The number of carbonyl (C=O) groups excluding carboxylic acids is 1. The van der Waals surface area contributed by atoms with Crippen LogP contribution in [0.4, 0.5) is 5.69 Å². The maximum Gasteiger partial charge on any atom is 0.225 e. The molecule has 0 spiro atoms. The fraction of sp³-hybridized carbons (Fsp3) is 0.417. The van der Waals surface area contributed by atoms with Crippen molar-refractivity contribution < 1.29 is 4.79 Å². The smallest absolute Gasteiger partial charge is 0.225 e. The van der Waals surface area contributed by atoms with Gasteiger partial charge in [-0.3, -0.25) is 4.79 Å². The average Bonchev–Trinajstić information content (AvgIpc) is 3.03. The number of halogens is 2. The van der Waals surface area contributed by atoms with Crippen LogP contribution in [0.1, 0.15) is 19.3 Å². The number of amides is 1. The molecule has 0 saturated heterocycles. The summed E-state index contributed by atoms with van der Waals surface area (Å²) in [4.78, 5) is 11.8. The first-order valence-corrected chi connectivity index (χ1v) is 7.21. The molecule has 0 atom stereocenters. The van der Waals surface area contributed by atoms with Gasteiger partial charge in [-0.15, -0.1) is 0 Å². The fourth-order valence-electron chi connectivity index (χ4n) is 1.69. The Hall–Kier alpha value is -0.190. The largest absolute Gasteiger partial charge is 0.325 e. The second-order valence-corrected chi connectivity index (χ2v) is 6.15. The van der Waals surface area contributed by atoms with E-state index in [9.17, 15) is 4.79 Å². The van der Waals surface area contributed by atoms with E-state index in [0.717, 1.165) is 23.1 Å². The van der Waals surface area contributed by atoms with E-state index in [0.29, 0.717) is 17.1 Å². The Morgan fingerprint density at radius 2 is 2.24 bits per heavy atom. The normalized spacial score (nSPS) is 16.6. The van der Waals surface area contributed by atoms with Gasteiger partial charge in [-0.05, 0) is 42.2 Å². The van der Waals surface area contributed by atoms with E-state index in [1.807, 2.05) is 6.07 Å². The Balaban J connectivity index is 1.98. The van der Waals surface area contributed by atoms with Crippen LogP contribution in [0.15, 0.2) is 22.7 Å². The lowest BCUT2D eigenvalue weighted by Crippen LogP contribution is -2.18. The van der Waals surface area contributed by atoms with Crippen LogP contribution in [0.2, 0.25) is 5.02 Å². The lowest BCUT2D eigenvalue weighted by molar-refractivity contribution is -0.117. The van der Waals surface area contributed by atoms with Crippen molar-refractivity contribution in [3.8, 4) is 0 Å². The molecular formula is C12H13BrClNOS. The van der Waals surface area contributed by atoms with Crippen LogP contribution in [0.3, 0.4) is 0 Å². The molecule has 5 heteroatoms. The SMILES string of the molecule is O=C(CC1(CS)CC1)Nc1ccc(Br)cc1Cl. The molecule has 0 aromatic heterocycles. The predicted octanol–water partition coefficient (Wildman–Crippen LogP) is 4.14. The minimum Gasteiger partial charge on any atom is -0.325 e. The van der Waals surface area contributed by atoms with Gasteiger partial charge >= 0.3 is 0 Å². The minimum absolute atomic E-state index is 0.0146. The maximum atomic E-state index is 11.8. The predicted molar refractivity (Wildman–Crippen MR) is 77.9 cm³/mol. The Morgan fingerprint density at radius 1 is 1.53 bits per heavy atom. The van der Waals surface area contributed by atoms with Gasteiger partial charge in [0.2, 0.25) is 5.91 Å². The van der Waals surface area contributed by atoms with Crippen molar-refractivity contribution in [3.63, 3.8) is 0 Å².